The van der Waals surface area contributed by atoms with Crippen molar-refractivity contribution in [1.29, 1.82) is 0 Å². The third-order valence-electron chi connectivity index (χ3n) is 7.49. The Morgan fingerprint density at radius 2 is 1.51 bits per heavy atom. The van der Waals surface area contributed by atoms with E-state index in [0.717, 1.165) is 21.0 Å². The molecule has 45 heavy (non-hydrogen) atoms. The number of halogens is 2. The summed E-state index contributed by atoms with van der Waals surface area (Å²) in [6.07, 6.45) is 0.206. The Bertz CT molecular complexity index is 1760. The molecule has 0 aromatic heterocycles. The molecule has 0 aliphatic heterocycles. The van der Waals surface area contributed by atoms with Crippen LogP contribution in [-0.4, -0.2) is 44.3 Å². The monoisotopic (exact) mass is 665 g/mol. The first-order valence-corrected chi connectivity index (χ1v) is 16.8. The Balaban J connectivity index is 1.84. The number of carbonyl (C=O) groups is 2. The van der Waals surface area contributed by atoms with E-state index >= 15 is 0 Å². The second kappa shape index (κ2) is 15.0. The number of hydrogen-bond acceptors (Lipinski definition) is 4. The van der Waals surface area contributed by atoms with Gasteiger partial charge in [0, 0.05) is 29.6 Å². The first-order chi connectivity index (χ1) is 21.4. The lowest BCUT2D eigenvalue weighted by Crippen LogP contribution is -2.53. The number of rotatable bonds is 12. The van der Waals surface area contributed by atoms with Gasteiger partial charge >= 0.3 is 0 Å². The number of carbonyl (C=O) groups excluding carboxylic acids is 2. The van der Waals surface area contributed by atoms with Crippen LogP contribution in [-0.2, 0) is 32.6 Å². The molecule has 0 spiro atoms. The predicted octanol–water partition coefficient (Wildman–Crippen LogP) is 6.89. The van der Waals surface area contributed by atoms with Gasteiger partial charge in [-0.3, -0.25) is 13.9 Å². The van der Waals surface area contributed by atoms with E-state index in [0.29, 0.717) is 33.4 Å². The molecule has 0 radical (unpaired) electrons. The molecule has 0 heterocycles. The quantitative estimate of drug-likeness (QED) is 0.179. The average molecular weight is 667 g/mol. The Morgan fingerprint density at radius 1 is 0.844 bits per heavy atom. The minimum absolute atomic E-state index is 0.0469. The first kappa shape index (κ1) is 34.0. The number of likely N-dealkylation sites (N-methyl/N-ethyl adjacent to an activating group) is 1. The summed E-state index contributed by atoms with van der Waals surface area (Å²) < 4.78 is 29.6. The van der Waals surface area contributed by atoms with Crippen LogP contribution in [0.25, 0.3) is 0 Å². The molecule has 1 atom stereocenters. The van der Waals surface area contributed by atoms with Gasteiger partial charge in [-0.25, -0.2) is 8.42 Å². The van der Waals surface area contributed by atoms with Gasteiger partial charge in [-0.1, -0.05) is 95.0 Å². The van der Waals surface area contributed by atoms with Gasteiger partial charge in [0.15, 0.2) is 0 Å². The molecule has 0 saturated heterocycles. The predicted molar refractivity (Wildman–Crippen MR) is 181 cm³/mol. The molecule has 0 unspecified atom stereocenters. The van der Waals surface area contributed by atoms with E-state index in [1.807, 2.05) is 63.2 Å². The van der Waals surface area contributed by atoms with Crippen molar-refractivity contribution < 1.29 is 18.0 Å². The number of benzene rings is 4. The van der Waals surface area contributed by atoms with Crippen LogP contribution in [0.15, 0.2) is 95.9 Å². The maximum atomic E-state index is 14.5. The van der Waals surface area contributed by atoms with Gasteiger partial charge in [-0.15, -0.1) is 0 Å². The van der Waals surface area contributed by atoms with Gasteiger partial charge in [0.1, 0.15) is 12.6 Å². The van der Waals surface area contributed by atoms with Crippen molar-refractivity contribution in [1.82, 2.24) is 10.2 Å². The van der Waals surface area contributed by atoms with Gasteiger partial charge in [-0.2, -0.15) is 0 Å². The molecule has 0 aliphatic rings. The SMILES string of the molecule is CCNC(=O)[C@H](Cc1ccccc1)N(Cc1ccc(Cl)cc1Cl)C(=O)CN(c1ccc(C)cc1C)S(=O)(=O)c1ccc(C)cc1. The molecular formula is C35H37Cl2N3O4S. The summed E-state index contributed by atoms with van der Waals surface area (Å²) in [5.74, 6) is -0.928. The van der Waals surface area contributed by atoms with Crippen molar-refractivity contribution in [3.05, 3.63) is 129 Å². The van der Waals surface area contributed by atoms with Crippen LogP contribution < -0.4 is 9.62 Å². The Kier molecular flexibility index (Phi) is 11.3. The number of aryl methyl sites for hydroxylation is 3. The molecule has 0 saturated carbocycles. The lowest BCUT2D eigenvalue weighted by molar-refractivity contribution is -0.140. The van der Waals surface area contributed by atoms with Crippen LogP contribution >= 0.6 is 23.2 Å². The third kappa shape index (κ3) is 8.45. The van der Waals surface area contributed by atoms with Crippen molar-refractivity contribution in [2.24, 2.45) is 0 Å². The van der Waals surface area contributed by atoms with Crippen molar-refractivity contribution >= 4 is 50.7 Å². The molecule has 4 aromatic rings. The highest BCUT2D eigenvalue weighted by Crippen LogP contribution is 2.29. The molecular weight excluding hydrogens is 629 g/mol. The number of nitrogens with zero attached hydrogens (tertiary/aromatic N) is 2. The highest BCUT2D eigenvalue weighted by molar-refractivity contribution is 7.92. The highest BCUT2D eigenvalue weighted by atomic mass is 35.5. The maximum Gasteiger partial charge on any atom is 0.264 e. The fraction of sp³-hybridized carbons (Fsp3) is 0.257. The molecule has 2 amide bonds. The van der Waals surface area contributed by atoms with Gasteiger partial charge < -0.3 is 10.2 Å². The number of hydrogen-bond donors (Lipinski definition) is 1. The molecule has 0 aliphatic carbocycles. The van der Waals surface area contributed by atoms with Crippen LogP contribution in [0.3, 0.4) is 0 Å². The molecule has 0 bridgehead atoms. The Labute approximate surface area is 275 Å². The van der Waals surface area contributed by atoms with Gasteiger partial charge in [0.05, 0.1) is 10.6 Å². The molecule has 10 heteroatoms. The largest absolute Gasteiger partial charge is 0.355 e. The number of sulfonamides is 1. The molecule has 1 N–H and O–H groups in total. The number of nitrogens with one attached hydrogen (secondary N) is 1. The fourth-order valence-electron chi connectivity index (χ4n) is 5.12. The summed E-state index contributed by atoms with van der Waals surface area (Å²) in [5, 5.41) is 3.61. The maximum absolute atomic E-state index is 14.5. The smallest absolute Gasteiger partial charge is 0.264 e. The lowest BCUT2D eigenvalue weighted by Gasteiger charge is -2.34. The standard InChI is InChI=1S/C35H37Cl2N3O4S/c1-5-38-35(42)33(20-27-9-7-6-8-10-27)39(22-28-14-15-29(36)21-31(28)37)34(41)23-40(32-18-13-25(3)19-26(32)4)45(43,44)30-16-11-24(2)12-17-30/h6-19,21,33H,5,20,22-23H2,1-4H3,(H,38,42)/t33-/m0/s1. The first-order valence-electron chi connectivity index (χ1n) is 14.6. The average Bonchev–Trinajstić information content (AvgIpc) is 2.99. The normalized spacial score (nSPS) is 12.0. The zero-order valence-corrected chi connectivity index (χ0v) is 28.1. The third-order valence-corrected chi connectivity index (χ3v) is 9.85. The van der Waals surface area contributed by atoms with Crippen LogP contribution in [0, 0.1) is 20.8 Å². The Morgan fingerprint density at radius 3 is 2.13 bits per heavy atom. The zero-order valence-electron chi connectivity index (χ0n) is 25.8. The lowest BCUT2D eigenvalue weighted by atomic mass is 10.0. The number of amides is 2. The molecule has 4 rings (SSSR count). The minimum Gasteiger partial charge on any atom is -0.355 e. The van der Waals surface area contributed by atoms with E-state index in [1.54, 1.807) is 43.3 Å². The van der Waals surface area contributed by atoms with E-state index in [2.05, 4.69) is 5.32 Å². The van der Waals surface area contributed by atoms with Crippen molar-refractivity contribution in [2.75, 3.05) is 17.4 Å². The highest BCUT2D eigenvalue weighted by Gasteiger charge is 2.35. The van der Waals surface area contributed by atoms with E-state index in [4.69, 9.17) is 23.2 Å². The van der Waals surface area contributed by atoms with Gasteiger partial charge in [0.2, 0.25) is 11.8 Å². The molecule has 4 aromatic carbocycles. The van der Waals surface area contributed by atoms with E-state index < -0.39 is 28.5 Å². The van der Waals surface area contributed by atoms with Crippen molar-refractivity contribution in [3.63, 3.8) is 0 Å². The topological polar surface area (TPSA) is 86.8 Å². The van der Waals surface area contributed by atoms with Crippen LogP contribution in [0.2, 0.25) is 10.0 Å². The fourth-order valence-corrected chi connectivity index (χ4v) is 7.06. The van der Waals surface area contributed by atoms with E-state index in [1.165, 1.54) is 17.0 Å². The summed E-state index contributed by atoms with van der Waals surface area (Å²) in [4.78, 5) is 29.6. The summed E-state index contributed by atoms with van der Waals surface area (Å²) in [5.41, 5.74) is 4.32. The molecule has 7 nitrogen and oxygen atoms in total. The van der Waals surface area contributed by atoms with E-state index in [9.17, 15) is 18.0 Å². The van der Waals surface area contributed by atoms with E-state index in [-0.39, 0.29) is 23.8 Å². The van der Waals surface area contributed by atoms with Crippen LogP contribution in [0.1, 0.15) is 34.7 Å². The van der Waals surface area contributed by atoms with Gasteiger partial charge in [-0.05, 0) is 74.7 Å². The van der Waals surface area contributed by atoms with Crippen LogP contribution in [0.5, 0.6) is 0 Å². The number of anilines is 1. The van der Waals surface area contributed by atoms with Crippen molar-refractivity contribution in [3.8, 4) is 0 Å². The second-order valence-corrected chi connectivity index (χ2v) is 13.7. The summed E-state index contributed by atoms with van der Waals surface area (Å²) >= 11 is 12.7. The zero-order chi connectivity index (χ0) is 32.7. The van der Waals surface area contributed by atoms with Crippen LogP contribution in [0.4, 0.5) is 5.69 Å². The summed E-state index contributed by atoms with van der Waals surface area (Å²) in [7, 11) is -4.19. The van der Waals surface area contributed by atoms with Crippen molar-refractivity contribution in [2.45, 2.75) is 51.6 Å². The van der Waals surface area contributed by atoms with Gasteiger partial charge in [0.25, 0.3) is 10.0 Å². The minimum atomic E-state index is -4.19. The molecule has 236 valence electrons. The summed E-state index contributed by atoms with van der Waals surface area (Å²) in [6, 6.07) is 25.2. The summed E-state index contributed by atoms with van der Waals surface area (Å²) in [6.45, 7) is 7.15. The Hall–Kier alpha value is -3.85. The second-order valence-electron chi connectivity index (χ2n) is 11.0. The molecule has 0 fully saturated rings.